The maximum atomic E-state index is 6.25. The molecule has 0 aliphatic carbocycles. The summed E-state index contributed by atoms with van der Waals surface area (Å²) in [6, 6.07) is 6.00. The molecule has 0 spiro atoms. The van der Waals surface area contributed by atoms with E-state index in [1.807, 2.05) is 18.3 Å². The first-order valence-electron chi connectivity index (χ1n) is 7.40. The molecule has 1 aromatic carbocycles. The number of hydrogen-bond donors (Lipinski definition) is 2. The van der Waals surface area contributed by atoms with E-state index in [-0.39, 0.29) is 0 Å². The van der Waals surface area contributed by atoms with Crippen molar-refractivity contribution in [2.24, 2.45) is 5.73 Å². The van der Waals surface area contributed by atoms with Crippen LogP contribution in [0.3, 0.4) is 0 Å². The monoisotopic (exact) mass is 455 g/mol. The van der Waals surface area contributed by atoms with Gasteiger partial charge in [-0.05, 0) is 81.4 Å². The van der Waals surface area contributed by atoms with Gasteiger partial charge < -0.3 is 10.7 Å². The van der Waals surface area contributed by atoms with Crippen molar-refractivity contribution < 1.29 is 0 Å². The predicted octanol–water partition coefficient (Wildman–Crippen LogP) is 5.69. The molecule has 3 N–H and O–H groups in total. The standard InChI is InChI=1S/C17H16Br2ClN3/c18-11-5-10(8-22-9-11)16-13(3-1-2-4-21)14-6-12(20)7-15(19)17(14)23-16/h5-9,23H,1-4,21H2. The normalized spacial score (nSPS) is 11.3. The van der Waals surface area contributed by atoms with E-state index in [1.165, 1.54) is 5.56 Å². The van der Waals surface area contributed by atoms with Gasteiger partial charge in [0.25, 0.3) is 0 Å². The van der Waals surface area contributed by atoms with E-state index in [0.717, 1.165) is 55.4 Å². The van der Waals surface area contributed by atoms with Gasteiger partial charge in [0.05, 0.1) is 11.2 Å². The van der Waals surface area contributed by atoms with Crippen LogP contribution in [-0.2, 0) is 6.42 Å². The maximum Gasteiger partial charge on any atom is 0.0607 e. The molecule has 6 heteroatoms. The van der Waals surface area contributed by atoms with Crippen LogP contribution in [0, 0.1) is 0 Å². The molecule has 0 atom stereocenters. The summed E-state index contributed by atoms with van der Waals surface area (Å²) in [5, 5.41) is 1.87. The van der Waals surface area contributed by atoms with Crippen LogP contribution >= 0.6 is 43.5 Å². The van der Waals surface area contributed by atoms with Gasteiger partial charge in [0.1, 0.15) is 0 Å². The van der Waals surface area contributed by atoms with Crippen molar-refractivity contribution in [1.82, 2.24) is 9.97 Å². The number of halogens is 3. The summed E-state index contributed by atoms with van der Waals surface area (Å²) < 4.78 is 1.92. The number of nitrogens with two attached hydrogens (primary N) is 1. The molecule has 3 nitrogen and oxygen atoms in total. The number of aromatic amines is 1. The second-order valence-electron chi connectivity index (χ2n) is 5.43. The Hall–Kier alpha value is -0.880. The molecule has 0 amide bonds. The fraction of sp³-hybridized carbons (Fsp3) is 0.235. The zero-order valence-corrected chi connectivity index (χ0v) is 16.3. The number of nitrogens with one attached hydrogen (secondary N) is 1. The summed E-state index contributed by atoms with van der Waals surface area (Å²) in [6.07, 6.45) is 6.66. The lowest BCUT2D eigenvalue weighted by molar-refractivity contribution is 0.748. The Balaban J connectivity index is 2.19. The lowest BCUT2D eigenvalue weighted by Crippen LogP contribution is -1.99. The molecule has 120 valence electrons. The first kappa shape index (κ1) is 17.0. The first-order chi connectivity index (χ1) is 11.1. The molecule has 0 aliphatic rings. The van der Waals surface area contributed by atoms with Gasteiger partial charge in [-0.1, -0.05) is 11.6 Å². The molecule has 0 radical (unpaired) electrons. The van der Waals surface area contributed by atoms with Crippen molar-refractivity contribution >= 4 is 54.4 Å². The Morgan fingerprint density at radius 3 is 2.70 bits per heavy atom. The maximum absolute atomic E-state index is 6.25. The Kier molecular flexibility index (Phi) is 5.42. The summed E-state index contributed by atoms with van der Waals surface area (Å²) in [5.74, 6) is 0. The highest BCUT2D eigenvalue weighted by Crippen LogP contribution is 2.37. The van der Waals surface area contributed by atoms with Crippen molar-refractivity contribution in [2.45, 2.75) is 19.3 Å². The average Bonchev–Trinajstić information content (AvgIpc) is 2.87. The second-order valence-corrected chi connectivity index (χ2v) is 7.63. The van der Waals surface area contributed by atoms with E-state index in [4.69, 9.17) is 17.3 Å². The summed E-state index contributed by atoms with van der Waals surface area (Å²) in [7, 11) is 0. The van der Waals surface area contributed by atoms with Gasteiger partial charge in [-0.15, -0.1) is 0 Å². The number of nitrogens with zero attached hydrogens (tertiary/aromatic N) is 1. The molecule has 2 aromatic heterocycles. The number of aromatic nitrogens is 2. The summed E-state index contributed by atoms with van der Waals surface area (Å²) in [6.45, 7) is 0.709. The lowest BCUT2D eigenvalue weighted by atomic mass is 10.0. The minimum Gasteiger partial charge on any atom is -0.353 e. The van der Waals surface area contributed by atoms with Crippen molar-refractivity contribution in [3.8, 4) is 11.3 Å². The number of aryl methyl sites for hydroxylation is 1. The number of fused-ring (bicyclic) bond motifs is 1. The highest BCUT2D eigenvalue weighted by atomic mass is 79.9. The number of hydrogen-bond acceptors (Lipinski definition) is 2. The summed E-state index contributed by atoms with van der Waals surface area (Å²) >= 11 is 13.4. The van der Waals surface area contributed by atoms with E-state index in [9.17, 15) is 0 Å². The van der Waals surface area contributed by atoms with Crippen molar-refractivity contribution in [2.75, 3.05) is 6.54 Å². The molecular formula is C17H16Br2ClN3. The van der Waals surface area contributed by atoms with Gasteiger partial charge in [-0.3, -0.25) is 4.98 Å². The molecule has 0 saturated heterocycles. The molecule has 3 rings (SSSR count). The number of rotatable bonds is 5. The minimum absolute atomic E-state index is 0.709. The first-order valence-corrected chi connectivity index (χ1v) is 9.37. The Morgan fingerprint density at radius 2 is 1.96 bits per heavy atom. The van der Waals surface area contributed by atoms with Gasteiger partial charge in [-0.25, -0.2) is 0 Å². The van der Waals surface area contributed by atoms with Crippen molar-refractivity contribution in [3.63, 3.8) is 0 Å². The SMILES string of the molecule is NCCCCc1c(-c2cncc(Br)c2)[nH]c2c(Br)cc(Cl)cc12. The smallest absolute Gasteiger partial charge is 0.0607 e. The fourth-order valence-corrected chi connectivity index (χ4v) is 4.05. The summed E-state index contributed by atoms with van der Waals surface area (Å²) in [4.78, 5) is 7.82. The molecule has 0 fully saturated rings. The molecule has 0 saturated carbocycles. The highest BCUT2D eigenvalue weighted by Gasteiger charge is 2.16. The molecule has 3 aromatic rings. The molecular weight excluding hydrogens is 441 g/mol. The van der Waals surface area contributed by atoms with Gasteiger partial charge in [0.15, 0.2) is 0 Å². The third-order valence-corrected chi connectivity index (χ3v) is 5.08. The van der Waals surface area contributed by atoms with Crippen LogP contribution in [0.25, 0.3) is 22.2 Å². The van der Waals surface area contributed by atoms with Gasteiger partial charge >= 0.3 is 0 Å². The highest BCUT2D eigenvalue weighted by molar-refractivity contribution is 9.11. The number of H-pyrrole nitrogens is 1. The summed E-state index contributed by atoms with van der Waals surface area (Å²) in [5.41, 5.74) is 10.1. The minimum atomic E-state index is 0.709. The van der Waals surface area contributed by atoms with Crippen LogP contribution in [0.15, 0.2) is 39.5 Å². The Morgan fingerprint density at radius 1 is 1.13 bits per heavy atom. The largest absolute Gasteiger partial charge is 0.353 e. The van der Waals surface area contributed by atoms with Gasteiger partial charge in [0, 0.05) is 37.3 Å². The number of benzene rings is 1. The number of unbranched alkanes of at least 4 members (excludes halogenated alkanes) is 1. The predicted molar refractivity (Wildman–Crippen MR) is 104 cm³/mol. The van der Waals surface area contributed by atoms with E-state index in [0.29, 0.717) is 6.54 Å². The van der Waals surface area contributed by atoms with Crippen LogP contribution in [0.1, 0.15) is 18.4 Å². The van der Waals surface area contributed by atoms with Crippen LogP contribution in [0.5, 0.6) is 0 Å². The van der Waals surface area contributed by atoms with Crippen molar-refractivity contribution in [1.29, 1.82) is 0 Å². The van der Waals surface area contributed by atoms with Crippen LogP contribution < -0.4 is 5.73 Å². The molecule has 23 heavy (non-hydrogen) atoms. The van der Waals surface area contributed by atoms with E-state index in [1.54, 1.807) is 6.20 Å². The van der Waals surface area contributed by atoms with E-state index >= 15 is 0 Å². The Bertz CT molecular complexity index is 845. The quantitative estimate of drug-likeness (QED) is 0.484. The van der Waals surface area contributed by atoms with Crippen molar-refractivity contribution in [3.05, 3.63) is 50.1 Å². The Labute approximate surface area is 156 Å². The zero-order chi connectivity index (χ0) is 16.4. The zero-order valence-electron chi connectivity index (χ0n) is 12.4. The van der Waals surface area contributed by atoms with Gasteiger partial charge in [-0.2, -0.15) is 0 Å². The molecule has 0 aliphatic heterocycles. The van der Waals surface area contributed by atoms with Gasteiger partial charge in [0.2, 0.25) is 0 Å². The van der Waals surface area contributed by atoms with Crippen LogP contribution in [-0.4, -0.2) is 16.5 Å². The van der Waals surface area contributed by atoms with Crippen LogP contribution in [0.4, 0.5) is 0 Å². The average molecular weight is 458 g/mol. The lowest BCUT2D eigenvalue weighted by Gasteiger charge is -2.05. The molecule has 2 heterocycles. The number of pyridine rings is 1. The van der Waals surface area contributed by atoms with E-state index in [2.05, 4.69) is 47.9 Å². The van der Waals surface area contributed by atoms with Crippen LogP contribution in [0.2, 0.25) is 5.02 Å². The van der Waals surface area contributed by atoms with E-state index < -0.39 is 0 Å². The third-order valence-electron chi connectivity index (χ3n) is 3.81. The molecule has 0 bridgehead atoms. The third kappa shape index (κ3) is 3.63. The second kappa shape index (κ2) is 7.34. The topological polar surface area (TPSA) is 54.7 Å². The molecule has 0 unspecified atom stereocenters. The fourth-order valence-electron chi connectivity index (χ4n) is 2.77.